The molecular formula is C24H52O4Si3. The molecule has 3 atom stereocenters. The van der Waals surface area contributed by atoms with E-state index in [-0.39, 0.29) is 18.3 Å². The van der Waals surface area contributed by atoms with Crippen LogP contribution in [0.25, 0.3) is 0 Å². The van der Waals surface area contributed by atoms with Crippen LogP contribution in [-0.4, -0.2) is 49.9 Å². The summed E-state index contributed by atoms with van der Waals surface area (Å²) in [6, 6.07) is 10.3. The molecule has 1 rings (SSSR count). The van der Waals surface area contributed by atoms with Crippen LogP contribution < -0.4 is 0 Å². The molecule has 31 heavy (non-hydrogen) atoms. The van der Waals surface area contributed by atoms with Crippen molar-refractivity contribution >= 4 is 25.0 Å². The molecule has 0 aliphatic carbocycles. The van der Waals surface area contributed by atoms with Gasteiger partial charge in [-0.2, -0.15) is 0 Å². The van der Waals surface area contributed by atoms with Crippen molar-refractivity contribution < 1.29 is 18.0 Å². The summed E-state index contributed by atoms with van der Waals surface area (Å²) in [5.74, 6) is 0. The minimum atomic E-state index is -1.82. The van der Waals surface area contributed by atoms with Crippen LogP contribution in [0.5, 0.6) is 0 Å². The molecule has 0 bridgehead atoms. The van der Waals surface area contributed by atoms with Crippen LogP contribution >= 0.6 is 0 Å². The molecule has 4 nitrogen and oxygen atoms in total. The largest absolute Gasteiger partial charge is 0.493 e. The van der Waals surface area contributed by atoms with Gasteiger partial charge in [0.05, 0.1) is 19.0 Å². The van der Waals surface area contributed by atoms with Gasteiger partial charge in [0.25, 0.3) is 0 Å². The van der Waals surface area contributed by atoms with Gasteiger partial charge in [0.2, 0.25) is 0 Å². The minimum absolute atomic E-state index is 0.0219. The van der Waals surface area contributed by atoms with Gasteiger partial charge in [-0.25, -0.2) is 0 Å². The summed E-state index contributed by atoms with van der Waals surface area (Å²) in [5.41, 5.74) is 0. The Bertz CT molecular complexity index is 492. The van der Waals surface area contributed by atoms with Crippen LogP contribution in [-0.2, 0) is 18.0 Å². The molecule has 0 N–H and O–H groups in total. The molecule has 0 fully saturated rings. The van der Waals surface area contributed by atoms with E-state index in [1.54, 1.807) is 0 Å². The third-order valence-electron chi connectivity index (χ3n) is 8.34. The fraction of sp³-hybridized carbons (Fsp3) is 0.917. The predicted octanol–water partition coefficient (Wildman–Crippen LogP) is 7.70. The van der Waals surface area contributed by atoms with Crippen molar-refractivity contribution in [1.82, 2.24) is 0 Å². The van der Waals surface area contributed by atoms with Gasteiger partial charge in [0.15, 0.2) is 25.0 Å². The fourth-order valence-corrected chi connectivity index (χ4v) is 13.2. The summed E-state index contributed by atoms with van der Waals surface area (Å²) in [5, 5.41) is 0. The second-order valence-electron chi connectivity index (χ2n) is 9.21. The summed E-state index contributed by atoms with van der Waals surface area (Å²) in [6.07, 6.45) is 3.81. The number of hydrogen-bond donors (Lipinski definition) is 0. The van der Waals surface area contributed by atoms with Crippen molar-refractivity contribution in [2.75, 3.05) is 6.61 Å². The van der Waals surface area contributed by atoms with Gasteiger partial charge in [-0.1, -0.05) is 62.3 Å². The van der Waals surface area contributed by atoms with Crippen LogP contribution in [0.4, 0.5) is 0 Å². The number of hydrogen-bond acceptors (Lipinski definition) is 4. The summed E-state index contributed by atoms with van der Waals surface area (Å²) < 4.78 is 27.0. The van der Waals surface area contributed by atoms with Crippen molar-refractivity contribution in [3.05, 3.63) is 12.3 Å². The molecule has 0 saturated heterocycles. The maximum absolute atomic E-state index is 7.09. The highest BCUT2D eigenvalue weighted by Gasteiger charge is 2.44. The average molecular weight is 489 g/mol. The zero-order valence-electron chi connectivity index (χ0n) is 22.1. The van der Waals surface area contributed by atoms with E-state index < -0.39 is 25.0 Å². The van der Waals surface area contributed by atoms with Crippen LogP contribution in [0.1, 0.15) is 62.3 Å². The van der Waals surface area contributed by atoms with Crippen LogP contribution in [0, 0.1) is 0 Å². The second kappa shape index (κ2) is 13.7. The van der Waals surface area contributed by atoms with Crippen LogP contribution in [0.15, 0.2) is 12.3 Å². The Hall–Kier alpha value is 0.0706. The van der Waals surface area contributed by atoms with E-state index in [0.717, 1.165) is 54.4 Å². The first kappa shape index (κ1) is 29.1. The Morgan fingerprint density at radius 2 is 1.03 bits per heavy atom. The molecule has 0 aromatic heterocycles. The Labute approximate surface area is 196 Å². The third-order valence-corrected chi connectivity index (χ3v) is 22.3. The molecule has 1 heterocycles. The van der Waals surface area contributed by atoms with E-state index in [1.165, 1.54) is 0 Å². The van der Waals surface area contributed by atoms with Gasteiger partial charge in [0, 0.05) is 0 Å². The lowest BCUT2D eigenvalue weighted by Gasteiger charge is -2.44. The first-order chi connectivity index (χ1) is 14.8. The molecule has 184 valence electrons. The van der Waals surface area contributed by atoms with Crippen molar-refractivity contribution in [2.45, 2.75) is 135 Å². The van der Waals surface area contributed by atoms with E-state index in [2.05, 4.69) is 68.4 Å². The molecule has 7 heteroatoms. The minimum Gasteiger partial charge on any atom is -0.493 e. The quantitative estimate of drug-likeness (QED) is 0.208. The van der Waals surface area contributed by atoms with Gasteiger partial charge >= 0.3 is 0 Å². The highest BCUT2D eigenvalue weighted by Crippen LogP contribution is 2.33. The fourth-order valence-electron chi connectivity index (χ4n) is 4.90. The van der Waals surface area contributed by atoms with Gasteiger partial charge in [-0.3, -0.25) is 0 Å². The Kier molecular flexibility index (Phi) is 12.9. The smallest absolute Gasteiger partial charge is 0.193 e. The van der Waals surface area contributed by atoms with E-state index in [1.807, 2.05) is 6.26 Å². The second-order valence-corrected chi connectivity index (χ2v) is 23.4. The Morgan fingerprint density at radius 3 is 1.45 bits per heavy atom. The molecule has 0 saturated carbocycles. The molecule has 0 radical (unpaired) electrons. The average Bonchev–Trinajstić information content (AvgIpc) is 2.83. The van der Waals surface area contributed by atoms with Crippen molar-refractivity contribution in [2.24, 2.45) is 0 Å². The summed E-state index contributed by atoms with van der Waals surface area (Å²) in [6.45, 7) is 21.3. The highest BCUT2D eigenvalue weighted by molar-refractivity contribution is 6.74. The SMILES string of the molecule is CC[Si](CC)(CC)OCC1OC=C[C@@H](O[Si](CC)(CC)CC)[C@@H]1O[Si](CC)(CC)CC. The lowest BCUT2D eigenvalue weighted by Crippen LogP contribution is -2.56. The number of rotatable bonds is 16. The van der Waals surface area contributed by atoms with E-state index >= 15 is 0 Å². The van der Waals surface area contributed by atoms with Gasteiger partial charge in [-0.15, -0.1) is 0 Å². The van der Waals surface area contributed by atoms with Crippen LogP contribution in [0.3, 0.4) is 0 Å². The Balaban J connectivity index is 3.21. The highest BCUT2D eigenvalue weighted by atomic mass is 28.4. The monoisotopic (exact) mass is 488 g/mol. The summed E-state index contributed by atoms with van der Waals surface area (Å²) in [7, 11) is -5.27. The zero-order valence-corrected chi connectivity index (χ0v) is 25.1. The molecule has 0 aromatic rings. The third kappa shape index (κ3) is 7.27. The van der Waals surface area contributed by atoms with Crippen molar-refractivity contribution in [3.8, 4) is 0 Å². The zero-order chi connectivity index (χ0) is 23.5. The number of ether oxygens (including phenoxy) is 1. The predicted molar refractivity (Wildman–Crippen MR) is 141 cm³/mol. The summed E-state index contributed by atoms with van der Waals surface area (Å²) >= 11 is 0. The first-order valence-electron chi connectivity index (χ1n) is 13.1. The van der Waals surface area contributed by atoms with Gasteiger partial charge in [-0.05, 0) is 60.5 Å². The molecular weight excluding hydrogens is 437 g/mol. The lowest BCUT2D eigenvalue weighted by molar-refractivity contribution is -0.0667. The van der Waals surface area contributed by atoms with Crippen molar-refractivity contribution in [1.29, 1.82) is 0 Å². The standard InChI is InChI=1S/C24H52O4Si3/c1-10-29(11-2,12-3)26-21-23-24(28-31(16-7,17-8)18-9)22(19-20-25-23)27-30(13-4,14-5)15-6/h19-20,22-24H,10-18,21H2,1-9H3/t22-,23?,24+/m1/s1. The molecule has 0 aromatic carbocycles. The normalized spacial score (nSPS) is 22.5. The molecule has 0 spiro atoms. The van der Waals surface area contributed by atoms with Gasteiger partial charge < -0.3 is 18.0 Å². The van der Waals surface area contributed by atoms with Crippen molar-refractivity contribution in [3.63, 3.8) is 0 Å². The lowest BCUT2D eigenvalue weighted by atomic mass is 10.1. The molecule has 0 amide bonds. The van der Waals surface area contributed by atoms with E-state index in [0.29, 0.717) is 6.61 Å². The molecule has 1 aliphatic heterocycles. The summed E-state index contributed by atoms with van der Waals surface area (Å²) in [4.78, 5) is 0. The Morgan fingerprint density at radius 1 is 0.613 bits per heavy atom. The topological polar surface area (TPSA) is 36.9 Å². The molecule has 1 unspecified atom stereocenters. The molecule has 1 aliphatic rings. The first-order valence-corrected chi connectivity index (χ1v) is 20.7. The maximum Gasteiger partial charge on any atom is 0.193 e. The van der Waals surface area contributed by atoms with E-state index in [9.17, 15) is 0 Å². The van der Waals surface area contributed by atoms with E-state index in [4.69, 9.17) is 18.0 Å². The maximum atomic E-state index is 7.09. The van der Waals surface area contributed by atoms with Crippen LogP contribution in [0.2, 0.25) is 54.4 Å². The van der Waals surface area contributed by atoms with Gasteiger partial charge in [0.1, 0.15) is 12.2 Å².